The first-order chi connectivity index (χ1) is 11.6. The van der Waals surface area contributed by atoms with Gasteiger partial charge < -0.3 is 20.1 Å². The van der Waals surface area contributed by atoms with E-state index in [-0.39, 0.29) is 25.7 Å². The molecule has 1 aliphatic rings. The Kier molecular flexibility index (Phi) is 4.60. The number of ether oxygens (including phenoxy) is 2. The van der Waals surface area contributed by atoms with Crippen molar-refractivity contribution in [1.29, 1.82) is 0 Å². The van der Waals surface area contributed by atoms with Crippen molar-refractivity contribution in [2.75, 3.05) is 6.79 Å². The minimum Gasteiger partial charge on any atom is -0.454 e. The maximum absolute atomic E-state index is 12.8. The summed E-state index contributed by atoms with van der Waals surface area (Å²) < 4.78 is 23.2. The van der Waals surface area contributed by atoms with Gasteiger partial charge in [-0.3, -0.25) is 9.59 Å². The highest BCUT2D eigenvalue weighted by molar-refractivity contribution is 6.35. The molecule has 1 aliphatic heterocycles. The highest BCUT2D eigenvalue weighted by Crippen LogP contribution is 2.32. The number of nitrogens with one attached hydrogen (secondary N) is 2. The summed E-state index contributed by atoms with van der Waals surface area (Å²) in [6.07, 6.45) is 0. The number of carbonyl (C=O) groups is 2. The average Bonchev–Trinajstić information content (AvgIpc) is 3.06. The molecule has 1 heterocycles. The van der Waals surface area contributed by atoms with Gasteiger partial charge in [-0.25, -0.2) is 4.39 Å². The Labute approximate surface area is 137 Å². The molecule has 0 saturated carbocycles. The van der Waals surface area contributed by atoms with Crippen LogP contribution < -0.4 is 20.1 Å². The van der Waals surface area contributed by atoms with E-state index in [1.54, 1.807) is 30.3 Å². The smallest absolute Gasteiger partial charge is 0.309 e. The van der Waals surface area contributed by atoms with Gasteiger partial charge in [-0.2, -0.15) is 0 Å². The van der Waals surface area contributed by atoms with Crippen LogP contribution in [-0.4, -0.2) is 18.6 Å². The van der Waals surface area contributed by atoms with E-state index in [9.17, 15) is 14.0 Å². The van der Waals surface area contributed by atoms with Gasteiger partial charge in [0.2, 0.25) is 6.79 Å². The van der Waals surface area contributed by atoms with Gasteiger partial charge in [0.1, 0.15) is 5.82 Å². The first kappa shape index (κ1) is 15.8. The lowest BCUT2D eigenvalue weighted by molar-refractivity contribution is -0.139. The molecule has 0 bridgehead atoms. The molecule has 0 saturated heterocycles. The van der Waals surface area contributed by atoms with Crippen molar-refractivity contribution in [3.8, 4) is 11.5 Å². The Morgan fingerprint density at radius 2 is 1.46 bits per heavy atom. The summed E-state index contributed by atoms with van der Waals surface area (Å²) >= 11 is 0. The number of rotatable bonds is 4. The number of amides is 2. The van der Waals surface area contributed by atoms with Gasteiger partial charge >= 0.3 is 11.8 Å². The average molecular weight is 330 g/mol. The molecule has 7 heteroatoms. The fourth-order valence-corrected chi connectivity index (χ4v) is 2.18. The van der Waals surface area contributed by atoms with Crippen LogP contribution in [0, 0.1) is 5.82 Å². The van der Waals surface area contributed by atoms with E-state index in [4.69, 9.17) is 9.47 Å². The molecular weight excluding hydrogens is 315 g/mol. The molecule has 0 fully saturated rings. The highest BCUT2D eigenvalue weighted by Gasteiger charge is 2.15. The summed E-state index contributed by atoms with van der Waals surface area (Å²) in [7, 11) is 0. The van der Waals surface area contributed by atoms with Crippen LogP contribution in [0.3, 0.4) is 0 Å². The van der Waals surface area contributed by atoms with Crippen molar-refractivity contribution in [3.05, 3.63) is 59.4 Å². The zero-order valence-corrected chi connectivity index (χ0v) is 12.7. The van der Waals surface area contributed by atoms with E-state index in [1.165, 1.54) is 12.1 Å². The summed E-state index contributed by atoms with van der Waals surface area (Å²) in [6, 6.07) is 10.9. The largest absolute Gasteiger partial charge is 0.454 e. The second-order valence-corrected chi connectivity index (χ2v) is 5.18. The maximum atomic E-state index is 12.8. The van der Waals surface area contributed by atoms with Crippen LogP contribution in [0.5, 0.6) is 11.5 Å². The lowest BCUT2D eigenvalue weighted by Crippen LogP contribution is -2.39. The first-order valence-corrected chi connectivity index (χ1v) is 7.31. The molecule has 0 atom stereocenters. The highest BCUT2D eigenvalue weighted by atomic mass is 19.1. The van der Waals surface area contributed by atoms with E-state index >= 15 is 0 Å². The molecule has 2 aromatic carbocycles. The van der Waals surface area contributed by atoms with Crippen molar-refractivity contribution in [1.82, 2.24) is 10.6 Å². The number of hydrogen-bond donors (Lipinski definition) is 2. The number of fused-ring (bicyclic) bond motifs is 1. The Balaban J connectivity index is 1.47. The predicted octanol–water partition coefficient (Wildman–Crippen LogP) is 1.49. The second kappa shape index (κ2) is 6.99. The molecule has 2 aromatic rings. The summed E-state index contributed by atoms with van der Waals surface area (Å²) in [5.74, 6) is -0.578. The molecule has 124 valence electrons. The maximum Gasteiger partial charge on any atom is 0.309 e. The van der Waals surface area contributed by atoms with Gasteiger partial charge in [-0.15, -0.1) is 0 Å². The third-order valence-corrected chi connectivity index (χ3v) is 3.46. The van der Waals surface area contributed by atoms with Crippen LogP contribution in [0.15, 0.2) is 42.5 Å². The molecule has 0 aliphatic carbocycles. The van der Waals surface area contributed by atoms with Crippen LogP contribution in [0.4, 0.5) is 4.39 Å². The second-order valence-electron chi connectivity index (χ2n) is 5.18. The van der Waals surface area contributed by atoms with Crippen LogP contribution in [-0.2, 0) is 22.7 Å². The topological polar surface area (TPSA) is 76.7 Å². The zero-order chi connectivity index (χ0) is 16.9. The standard InChI is InChI=1S/C17H15FN2O4/c18-13-4-1-11(2-5-13)8-19-16(21)17(22)20-9-12-3-6-14-15(7-12)24-10-23-14/h1-7H,8-10H2,(H,19,21)(H,20,22). The summed E-state index contributed by atoms with van der Waals surface area (Å²) in [4.78, 5) is 23.5. The van der Waals surface area contributed by atoms with E-state index in [0.29, 0.717) is 17.1 Å². The third kappa shape index (κ3) is 3.81. The van der Waals surface area contributed by atoms with E-state index < -0.39 is 11.8 Å². The van der Waals surface area contributed by atoms with Crippen LogP contribution in [0.25, 0.3) is 0 Å². The monoisotopic (exact) mass is 330 g/mol. The van der Waals surface area contributed by atoms with Crippen molar-refractivity contribution in [3.63, 3.8) is 0 Å². The van der Waals surface area contributed by atoms with E-state index in [1.807, 2.05) is 0 Å². The molecule has 24 heavy (non-hydrogen) atoms. The fraction of sp³-hybridized carbons (Fsp3) is 0.176. The molecule has 0 unspecified atom stereocenters. The third-order valence-electron chi connectivity index (χ3n) is 3.46. The van der Waals surface area contributed by atoms with Crippen molar-refractivity contribution >= 4 is 11.8 Å². The number of benzene rings is 2. The number of halogens is 1. The fourth-order valence-electron chi connectivity index (χ4n) is 2.18. The van der Waals surface area contributed by atoms with Gasteiger partial charge in [0.25, 0.3) is 0 Å². The lowest BCUT2D eigenvalue weighted by atomic mass is 10.2. The van der Waals surface area contributed by atoms with Gasteiger partial charge in [-0.05, 0) is 35.4 Å². The van der Waals surface area contributed by atoms with Crippen LogP contribution in [0.1, 0.15) is 11.1 Å². The number of hydrogen-bond acceptors (Lipinski definition) is 4. The molecule has 0 radical (unpaired) electrons. The Bertz CT molecular complexity index is 762. The molecule has 2 amide bonds. The molecule has 0 spiro atoms. The molecular formula is C17H15FN2O4. The van der Waals surface area contributed by atoms with Crippen molar-refractivity contribution in [2.24, 2.45) is 0 Å². The summed E-state index contributed by atoms with van der Waals surface area (Å²) in [5.41, 5.74) is 1.49. The molecule has 2 N–H and O–H groups in total. The van der Waals surface area contributed by atoms with Crippen LogP contribution >= 0.6 is 0 Å². The summed E-state index contributed by atoms with van der Waals surface area (Å²) in [5, 5.41) is 5.01. The van der Waals surface area contributed by atoms with E-state index in [0.717, 1.165) is 5.56 Å². The van der Waals surface area contributed by atoms with Gasteiger partial charge in [-0.1, -0.05) is 18.2 Å². The number of carbonyl (C=O) groups excluding carboxylic acids is 2. The molecule has 3 rings (SSSR count). The van der Waals surface area contributed by atoms with E-state index in [2.05, 4.69) is 10.6 Å². The van der Waals surface area contributed by atoms with Gasteiger partial charge in [0.15, 0.2) is 11.5 Å². The Morgan fingerprint density at radius 1 is 0.875 bits per heavy atom. The van der Waals surface area contributed by atoms with Crippen molar-refractivity contribution in [2.45, 2.75) is 13.1 Å². The summed E-state index contributed by atoms with van der Waals surface area (Å²) in [6.45, 7) is 0.521. The van der Waals surface area contributed by atoms with Gasteiger partial charge in [0.05, 0.1) is 0 Å². The molecule has 6 nitrogen and oxygen atoms in total. The first-order valence-electron chi connectivity index (χ1n) is 7.31. The quantitative estimate of drug-likeness (QED) is 0.833. The minimum absolute atomic E-state index is 0.149. The Hall–Kier alpha value is -3.09. The zero-order valence-electron chi connectivity index (χ0n) is 12.7. The predicted molar refractivity (Wildman–Crippen MR) is 82.7 cm³/mol. The SMILES string of the molecule is O=C(NCc1ccc(F)cc1)C(=O)NCc1ccc2c(c1)OCO2. The van der Waals surface area contributed by atoms with Crippen LogP contribution in [0.2, 0.25) is 0 Å². The van der Waals surface area contributed by atoms with Crippen molar-refractivity contribution < 1.29 is 23.5 Å². The van der Waals surface area contributed by atoms with Gasteiger partial charge in [0, 0.05) is 13.1 Å². The minimum atomic E-state index is -0.750. The lowest BCUT2D eigenvalue weighted by Gasteiger charge is -2.07. The normalized spacial score (nSPS) is 11.9. The molecule has 0 aromatic heterocycles. The Morgan fingerprint density at radius 3 is 2.17 bits per heavy atom.